The topological polar surface area (TPSA) is 50.3 Å². The Hall–Kier alpha value is -3.08. The van der Waals surface area contributed by atoms with Gasteiger partial charge in [0, 0.05) is 25.0 Å². The van der Waals surface area contributed by atoms with Gasteiger partial charge in [0.15, 0.2) is 0 Å². The van der Waals surface area contributed by atoms with Gasteiger partial charge in [-0.1, -0.05) is 30.3 Å². The van der Waals surface area contributed by atoms with E-state index in [2.05, 4.69) is 32.3 Å². The van der Waals surface area contributed by atoms with E-state index in [4.69, 9.17) is 4.74 Å². The summed E-state index contributed by atoms with van der Waals surface area (Å²) in [6.45, 7) is 2.71. The van der Waals surface area contributed by atoms with Gasteiger partial charge in [-0.3, -0.25) is 0 Å². The van der Waals surface area contributed by atoms with Crippen molar-refractivity contribution in [3.8, 4) is 5.75 Å². The summed E-state index contributed by atoms with van der Waals surface area (Å²) in [5.41, 5.74) is 2.10. The van der Waals surface area contributed by atoms with Crippen molar-refractivity contribution >= 4 is 17.5 Å². The number of nitrogens with one attached hydrogen (secondary N) is 1. The van der Waals surface area contributed by atoms with Crippen LogP contribution in [0.5, 0.6) is 5.75 Å². The van der Waals surface area contributed by atoms with E-state index in [0.29, 0.717) is 12.6 Å². The standard InChI is InChI=1S/C22H24N4O/c1-3-7-18(8-4-1)17-27-20-11-9-19(10-12-20)24-22-23-14-13-21(25-22)26-15-5-2-6-16-26/h1,3-4,7-14H,2,5-6,15-17H2,(H,23,24,25). The molecule has 1 N–H and O–H groups in total. The Labute approximate surface area is 160 Å². The molecule has 0 saturated carbocycles. The molecule has 0 atom stereocenters. The first kappa shape index (κ1) is 17.3. The van der Waals surface area contributed by atoms with Crippen molar-refractivity contribution < 1.29 is 4.74 Å². The first-order valence-corrected chi connectivity index (χ1v) is 9.49. The number of aromatic nitrogens is 2. The number of anilines is 3. The molecule has 5 heteroatoms. The van der Waals surface area contributed by atoms with Crippen molar-refractivity contribution in [3.05, 3.63) is 72.4 Å². The predicted octanol–water partition coefficient (Wildman–Crippen LogP) is 4.79. The molecule has 5 nitrogen and oxygen atoms in total. The number of nitrogens with zero attached hydrogens (tertiary/aromatic N) is 3. The molecule has 0 bridgehead atoms. The van der Waals surface area contributed by atoms with Crippen molar-refractivity contribution in [2.45, 2.75) is 25.9 Å². The Balaban J connectivity index is 1.37. The molecule has 1 aromatic heterocycles. The fraction of sp³-hybridized carbons (Fsp3) is 0.273. The van der Waals surface area contributed by atoms with Gasteiger partial charge in [-0.2, -0.15) is 4.98 Å². The summed E-state index contributed by atoms with van der Waals surface area (Å²) in [4.78, 5) is 11.3. The third-order valence-corrected chi connectivity index (χ3v) is 4.68. The number of hydrogen-bond acceptors (Lipinski definition) is 5. The molecule has 1 fully saturated rings. The van der Waals surface area contributed by atoms with Crippen LogP contribution < -0.4 is 15.0 Å². The summed E-state index contributed by atoms with van der Waals surface area (Å²) >= 11 is 0. The Morgan fingerprint density at radius 3 is 2.44 bits per heavy atom. The molecule has 0 amide bonds. The van der Waals surface area contributed by atoms with Gasteiger partial charge in [0.1, 0.15) is 18.2 Å². The summed E-state index contributed by atoms with van der Waals surface area (Å²) in [7, 11) is 0. The van der Waals surface area contributed by atoms with Crippen LogP contribution in [0, 0.1) is 0 Å². The Morgan fingerprint density at radius 2 is 1.67 bits per heavy atom. The SMILES string of the molecule is c1ccc(COc2ccc(Nc3nccc(N4CCCCC4)n3)cc2)cc1. The van der Waals surface area contributed by atoms with E-state index < -0.39 is 0 Å². The van der Waals surface area contributed by atoms with Crippen molar-refractivity contribution in [2.24, 2.45) is 0 Å². The van der Waals surface area contributed by atoms with Crippen molar-refractivity contribution in [1.29, 1.82) is 0 Å². The molecule has 27 heavy (non-hydrogen) atoms. The molecule has 0 aliphatic carbocycles. The average Bonchev–Trinajstić information content (AvgIpc) is 2.75. The normalized spacial score (nSPS) is 14.0. The van der Waals surface area contributed by atoms with Crippen LogP contribution in [0.4, 0.5) is 17.5 Å². The van der Waals surface area contributed by atoms with E-state index >= 15 is 0 Å². The minimum Gasteiger partial charge on any atom is -0.489 e. The summed E-state index contributed by atoms with van der Waals surface area (Å²) in [6, 6.07) is 20.0. The second kappa shape index (κ2) is 8.54. The lowest BCUT2D eigenvalue weighted by Crippen LogP contribution is -2.30. The van der Waals surface area contributed by atoms with Crippen LogP contribution in [0.2, 0.25) is 0 Å². The molecule has 1 aliphatic rings. The van der Waals surface area contributed by atoms with Gasteiger partial charge in [0.2, 0.25) is 5.95 Å². The van der Waals surface area contributed by atoms with Crippen LogP contribution in [-0.4, -0.2) is 23.1 Å². The predicted molar refractivity (Wildman–Crippen MR) is 109 cm³/mol. The lowest BCUT2D eigenvalue weighted by molar-refractivity contribution is 0.306. The zero-order chi connectivity index (χ0) is 18.3. The molecular weight excluding hydrogens is 336 g/mol. The summed E-state index contributed by atoms with van der Waals surface area (Å²) < 4.78 is 5.83. The summed E-state index contributed by atoms with van der Waals surface area (Å²) in [6.07, 6.45) is 5.59. The van der Waals surface area contributed by atoms with Crippen LogP contribution in [0.1, 0.15) is 24.8 Å². The lowest BCUT2D eigenvalue weighted by atomic mass is 10.1. The molecular formula is C22H24N4O. The van der Waals surface area contributed by atoms with Gasteiger partial charge >= 0.3 is 0 Å². The van der Waals surface area contributed by atoms with Crippen LogP contribution >= 0.6 is 0 Å². The van der Waals surface area contributed by atoms with Gasteiger partial charge in [-0.05, 0) is 55.2 Å². The Morgan fingerprint density at radius 1 is 0.889 bits per heavy atom. The highest BCUT2D eigenvalue weighted by Crippen LogP contribution is 2.22. The lowest BCUT2D eigenvalue weighted by Gasteiger charge is -2.27. The number of piperidine rings is 1. The molecule has 2 heterocycles. The molecule has 0 spiro atoms. The smallest absolute Gasteiger partial charge is 0.229 e. The van der Waals surface area contributed by atoms with Crippen molar-refractivity contribution in [3.63, 3.8) is 0 Å². The molecule has 3 aromatic rings. The minimum atomic E-state index is 0.564. The number of ether oxygens (including phenoxy) is 1. The monoisotopic (exact) mass is 360 g/mol. The van der Waals surface area contributed by atoms with E-state index in [1.165, 1.54) is 19.3 Å². The van der Waals surface area contributed by atoms with Gasteiger partial charge in [-0.25, -0.2) is 4.98 Å². The summed E-state index contributed by atoms with van der Waals surface area (Å²) in [5.74, 6) is 2.46. The fourth-order valence-electron chi connectivity index (χ4n) is 3.21. The van der Waals surface area contributed by atoms with Crippen LogP contribution in [-0.2, 0) is 6.61 Å². The largest absolute Gasteiger partial charge is 0.489 e. The van der Waals surface area contributed by atoms with Gasteiger partial charge in [0.05, 0.1) is 0 Å². The van der Waals surface area contributed by atoms with Crippen LogP contribution in [0.25, 0.3) is 0 Å². The third kappa shape index (κ3) is 4.76. The van der Waals surface area contributed by atoms with E-state index in [1.54, 1.807) is 0 Å². The second-order valence-electron chi connectivity index (χ2n) is 6.71. The number of rotatable bonds is 6. The molecule has 0 radical (unpaired) electrons. The highest BCUT2D eigenvalue weighted by Gasteiger charge is 2.12. The van der Waals surface area contributed by atoms with Crippen molar-refractivity contribution in [2.75, 3.05) is 23.3 Å². The van der Waals surface area contributed by atoms with Crippen LogP contribution in [0.15, 0.2) is 66.9 Å². The zero-order valence-corrected chi connectivity index (χ0v) is 15.3. The molecule has 2 aromatic carbocycles. The highest BCUT2D eigenvalue weighted by molar-refractivity contribution is 5.56. The molecule has 4 rings (SSSR count). The van der Waals surface area contributed by atoms with Gasteiger partial charge in [-0.15, -0.1) is 0 Å². The number of hydrogen-bond donors (Lipinski definition) is 1. The minimum absolute atomic E-state index is 0.564. The molecule has 0 unspecified atom stereocenters. The summed E-state index contributed by atoms with van der Waals surface area (Å²) in [5, 5.41) is 3.28. The Bertz CT molecular complexity index is 846. The van der Waals surface area contributed by atoms with Gasteiger partial charge in [0.25, 0.3) is 0 Å². The number of benzene rings is 2. The van der Waals surface area contributed by atoms with Gasteiger partial charge < -0.3 is 15.0 Å². The maximum atomic E-state index is 5.83. The third-order valence-electron chi connectivity index (χ3n) is 4.68. The maximum absolute atomic E-state index is 5.83. The first-order chi connectivity index (χ1) is 13.4. The second-order valence-corrected chi connectivity index (χ2v) is 6.71. The Kier molecular flexibility index (Phi) is 5.48. The van der Waals surface area contributed by atoms with E-state index in [-0.39, 0.29) is 0 Å². The molecule has 1 saturated heterocycles. The van der Waals surface area contributed by atoms with E-state index in [1.807, 2.05) is 54.7 Å². The van der Waals surface area contributed by atoms with E-state index in [0.717, 1.165) is 35.9 Å². The zero-order valence-electron chi connectivity index (χ0n) is 15.3. The van der Waals surface area contributed by atoms with Crippen molar-refractivity contribution in [1.82, 2.24) is 9.97 Å². The van der Waals surface area contributed by atoms with Crippen LogP contribution in [0.3, 0.4) is 0 Å². The quantitative estimate of drug-likeness (QED) is 0.685. The van der Waals surface area contributed by atoms with E-state index in [9.17, 15) is 0 Å². The first-order valence-electron chi connectivity index (χ1n) is 9.49. The molecule has 138 valence electrons. The maximum Gasteiger partial charge on any atom is 0.229 e. The average molecular weight is 360 g/mol. The molecule has 1 aliphatic heterocycles. The fourth-order valence-corrected chi connectivity index (χ4v) is 3.21. The highest BCUT2D eigenvalue weighted by atomic mass is 16.5.